The summed E-state index contributed by atoms with van der Waals surface area (Å²) in [5.74, 6) is 0.797. The molecule has 7 heteroatoms. The molecule has 0 fully saturated rings. The standard InChI is InChI=1S/C26H22BrF3N2O/c1-3-33-20-10-11-23(27)18(13-20)15-31-19-7-4-6-17(12-19)24-16(2)14-32-25-21(24)8-5-9-22(25)26(28,29)30/h4-14,31H,3,15H2,1-2H3. The lowest BCUT2D eigenvalue weighted by atomic mass is 9.95. The van der Waals surface area contributed by atoms with Gasteiger partial charge in [0, 0.05) is 28.3 Å². The lowest BCUT2D eigenvalue weighted by Gasteiger charge is -2.16. The minimum Gasteiger partial charge on any atom is -0.494 e. The summed E-state index contributed by atoms with van der Waals surface area (Å²) < 4.78 is 47.1. The van der Waals surface area contributed by atoms with Gasteiger partial charge in [0.2, 0.25) is 0 Å². The molecule has 0 amide bonds. The second kappa shape index (κ2) is 9.43. The monoisotopic (exact) mass is 514 g/mol. The number of pyridine rings is 1. The van der Waals surface area contributed by atoms with Gasteiger partial charge in [0.25, 0.3) is 0 Å². The Morgan fingerprint density at radius 1 is 1.03 bits per heavy atom. The molecule has 0 radical (unpaired) electrons. The van der Waals surface area contributed by atoms with Crippen molar-refractivity contribution in [2.24, 2.45) is 0 Å². The van der Waals surface area contributed by atoms with E-state index in [-0.39, 0.29) is 5.52 Å². The van der Waals surface area contributed by atoms with E-state index < -0.39 is 11.7 Å². The van der Waals surface area contributed by atoms with Crippen molar-refractivity contribution < 1.29 is 17.9 Å². The summed E-state index contributed by atoms with van der Waals surface area (Å²) in [6.45, 7) is 4.94. The van der Waals surface area contributed by atoms with Gasteiger partial charge >= 0.3 is 6.18 Å². The zero-order valence-corrected chi connectivity index (χ0v) is 19.7. The fourth-order valence-electron chi connectivity index (χ4n) is 3.86. The van der Waals surface area contributed by atoms with Gasteiger partial charge in [-0.2, -0.15) is 13.2 Å². The quantitative estimate of drug-likeness (QED) is 0.283. The number of nitrogens with one attached hydrogen (secondary N) is 1. The first kappa shape index (κ1) is 23.1. The molecule has 0 unspecified atom stereocenters. The first-order valence-corrected chi connectivity index (χ1v) is 11.3. The van der Waals surface area contributed by atoms with E-state index in [0.29, 0.717) is 18.5 Å². The van der Waals surface area contributed by atoms with Crippen LogP contribution in [0.2, 0.25) is 0 Å². The van der Waals surface area contributed by atoms with Crippen molar-refractivity contribution in [1.82, 2.24) is 4.98 Å². The number of ether oxygens (including phenoxy) is 1. The molecule has 0 bridgehead atoms. The number of benzene rings is 3. The maximum Gasteiger partial charge on any atom is 0.418 e. The van der Waals surface area contributed by atoms with Gasteiger partial charge in [-0.05, 0) is 72.5 Å². The van der Waals surface area contributed by atoms with Gasteiger partial charge in [-0.15, -0.1) is 0 Å². The molecule has 0 aliphatic rings. The highest BCUT2D eigenvalue weighted by atomic mass is 79.9. The molecule has 3 nitrogen and oxygen atoms in total. The number of hydrogen-bond donors (Lipinski definition) is 1. The van der Waals surface area contributed by atoms with E-state index in [4.69, 9.17) is 4.74 Å². The Hall–Kier alpha value is -3.06. The van der Waals surface area contributed by atoms with E-state index in [0.717, 1.165) is 44.2 Å². The molecule has 3 aromatic carbocycles. The molecule has 0 atom stereocenters. The molecule has 33 heavy (non-hydrogen) atoms. The first-order valence-electron chi connectivity index (χ1n) is 10.5. The third-order valence-corrected chi connectivity index (χ3v) is 6.13. The summed E-state index contributed by atoms with van der Waals surface area (Å²) in [7, 11) is 0. The van der Waals surface area contributed by atoms with Gasteiger partial charge in [-0.1, -0.05) is 40.2 Å². The number of rotatable bonds is 6. The summed E-state index contributed by atoms with van der Waals surface area (Å²) in [6, 6.07) is 17.7. The third-order valence-electron chi connectivity index (χ3n) is 5.35. The summed E-state index contributed by atoms with van der Waals surface area (Å²) in [6.07, 6.45) is -2.96. The number of para-hydroxylation sites is 1. The number of alkyl halides is 3. The van der Waals surface area contributed by atoms with Crippen molar-refractivity contribution in [2.75, 3.05) is 11.9 Å². The average Bonchev–Trinajstić information content (AvgIpc) is 2.78. The van der Waals surface area contributed by atoms with Gasteiger partial charge in [-0.25, -0.2) is 0 Å². The van der Waals surface area contributed by atoms with Crippen molar-refractivity contribution in [3.8, 4) is 16.9 Å². The molecule has 1 aromatic heterocycles. The summed E-state index contributed by atoms with van der Waals surface area (Å²) in [5, 5.41) is 3.88. The number of aromatic nitrogens is 1. The van der Waals surface area contributed by atoms with Gasteiger partial charge in [0.1, 0.15) is 5.75 Å². The van der Waals surface area contributed by atoms with Crippen LogP contribution in [0.4, 0.5) is 18.9 Å². The summed E-state index contributed by atoms with van der Waals surface area (Å²) >= 11 is 3.57. The highest BCUT2D eigenvalue weighted by molar-refractivity contribution is 9.10. The number of anilines is 1. The van der Waals surface area contributed by atoms with E-state index in [2.05, 4.69) is 26.2 Å². The minimum absolute atomic E-state index is 0.0411. The predicted octanol–water partition coefficient (Wildman–Crippen LogP) is 8.00. The topological polar surface area (TPSA) is 34.1 Å². The van der Waals surface area contributed by atoms with E-state index >= 15 is 0 Å². The molecule has 1 heterocycles. The Morgan fingerprint density at radius 3 is 2.58 bits per heavy atom. The van der Waals surface area contributed by atoms with Gasteiger partial charge in [0.05, 0.1) is 17.7 Å². The van der Waals surface area contributed by atoms with Crippen LogP contribution >= 0.6 is 15.9 Å². The van der Waals surface area contributed by atoms with Crippen LogP contribution in [0.1, 0.15) is 23.6 Å². The van der Waals surface area contributed by atoms with Crippen molar-refractivity contribution in [2.45, 2.75) is 26.6 Å². The molecule has 0 spiro atoms. The van der Waals surface area contributed by atoms with Crippen LogP contribution in [0, 0.1) is 6.92 Å². The molecule has 170 valence electrons. The molecular weight excluding hydrogens is 493 g/mol. The number of fused-ring (bicyclic) bond motifs is 1. The van der Waals surface area contributed by atoms with Crippen LogP contribution in [0.3, 0.4) is 0 Å². The zero-order chi connectivity index (χ0) is 23.6. The maximum absolute atomic E-state index is 13.5. The highest BCUT2D eigenvalue weighted by Crippen LogP contribution is 2.38. The molecule has 4 aromatic rings. The number of hydrogen-bond acceptors (Lipinski definition) is 3. The number of nitrogens with zero attached hydrogens (tertiary/aromatic N) is 1. The highest BCUT2D eigenvalue weighted by Gasteiger charge is 2.33. The lowest BCUT2D eigenvalue weighted by Crippen LogP contribution is -2.07. The zero-order valence-electron chi connectivity index (χ0n) is 18.1. The maximum atomic E-state index is 13.5. The van der Waals surface area contributed by atoms with Crippen LogP contribution in [-0.4, -0.2) is 11.6 Å². The van der Waals surface area contributed by atoms with E-state index in [1.165, 1.54) is 12.3 Å². The molecule has 4 rings (SSSR count). The lowest BCUT2D eigenvalue weighted by molar-refractivity contribution is -0.136. The molecular formula is C26H22BrF3N2O. The van der Waals surface area contributed by atoms with Crippen LogP contribution < -0.4 is 10.1 Å². The van der Waals surface area contributed by atoms with E-state index in [1.807, 2.05) is 56.3 Å². The third kappa shape index (κ3) is 4.98. The van der Waals surface area contributed by atoms with Crippen LogP contribution in [0.5, 0.6) is 5.75 Å². The summed E-state index contributed by atoms with van der Waals surface area (Å²) in [4.78, 5) is 4.11. The minimum atomic E-state index is -4.47. The number of halogens is 4. The molecule has 0 saturated carbocycles. The smallest absolute Gasteiger partial charge is 0.418 e. The molecule has 0 aliphatic heterocycles. The van der Waals surface area contributed by atoms with Gasteiger partial charge < -0.3 is 10.1 Å². The number of aryl methyl sites for hydroxylation is 1. The Labute approximate surface area is 198 Å². The average molecular weight is 515 g/mol. The Morgan fingerprint density at radius 2 is 1.82 bits per heavy atom. The Bertz CT molecular complexity index is 1300. The predicted molar refractivity (Wildman–Crippen MR) is 130 cm³/mol. The second-order valence-corrected chi connectivity index (χ2v) is 8.49. The van der Waals surface area contributed by atoms with E-state index in [1.54, 1.807) is 6.07 Å². The Kier molecular flexibility index (Phi) is 6.61. The van der Waals surface area contributed by atoms with E-state index in [9.17, 15) is 13.2 Å². The Balaban J connectivity index is 1.69. The van der Waals surface area contributed by atoms with Crippen LogP contribution in [0.25, 0.3) is 22.0 Å². The normalized spacial score (nSPS) is 11.6. The van der Waals surface area contributed by atoms with Gasteiger partial charge in [0.15, 0.2) is 0 Å². The fraction of sp³-hybridized carbons (Fsp3) is 0.192. The van der Waals surface area contributed by atoms with Crippen molar-refractivity contribution in [1.29, 1.82) is 0 Å². The first-order chi connectivity index (χ1) is 15.8. The fourth-order valence-corrected chi connectivity index (χ4v) is 4.25. The van der Waals surface area contributed by atoms with Gasteiger partial charge in [-0.3, -0.25) is 4.98 Å². The second-order valence-electron chi connectivity index (χ2n) is 7.64. The largest absolute Gasteiger partial charge is 0.494 e. The van der Waals surface area contributed by atoms with Crippen molar-refractivity contribution in [3.05, 3.63) is 88.0 Å². The molecule has 0 saturated heterocycles. The van der Waals surface area contributed by atoms with Crippen LogP contribution in [0.15, 0.2) is 71.3 Å². The summed E-state index contributed by atoms with van der Waals surface area (Å²) in [5.41, 5.74) is 3.51. The molecule has 1 N–H and O–H groups in total. The SMILES string of the molecule is CCOc1ccc(Br)c(CNc2cccc(-c3c(C)cnc4c(C(F)(F)F)cccc34)c2)c1. The van der Waals surface area contributed by atoms with Crippen molar-refractivity contribution in [3.63, 3.8) is 0 Å². The van der Waals surface area contributed by atoms with Crippen molar-refractivity contribution >= 4 is 32.5 Å². The van der Waals surface area contributed by atoms with Crippen LogP contribution in [-0.2, 0) is 12.7 Å². The molecule has 0 aliphatic carbocycles.